The molecule has 4 rings (SSSR count). The van der Waals surface area contributed by atoms with E-state index in [-0.39, 0.29) is 11.8 Å². The minimum Gasteiger partial charge on any atom is -0.454 e. The van der Waals surface area contributed by atoms with E-state index >= 15 is 0 Å². The lowest BCUT2D eigenvalue weighted by atomic mass is 10.1. The molecule has 6 heteroatoms. The summed E-state index contributed by atoms with van der Waals surface area (Å²) < 4.78 is 5.84. The van der Waals surface area contributed by atoms with Crippen molar-refractivity contribution in [3.05, 3.63) is 82.4 Å². The largest absolute Gasteiger partial charge is 0.454 e. The number of benzene rings is 3. The van der Waals surface area contributed by atoms with Crippen LogP contribution in [0.3, 0.4) is 0 Å². The highest BCUT2D eigenvalue weighted by Gasteiger charge is 2.22. The molecule has 1 aliphatic heterocycles. The number of fused-ring (bicyclic) bond motifs is 2. The van der Waals surface area contributed by atoms with Gasteiger partial charge in [0.1, 0.15) is 5.75 Å². The third kappa shape index (κ3) is 3.57. The second kappa shape index (κ2) is 7.37. The first-order valence-corrected chi connectivity index (χ1v) is 9.24. The summed E-state index contributed by atoms with van der Waals surface area (Å²) in [4.78, 5) is 25.1. The van der Waals surface area contributed by atoms with Gasteiger partial charge in [-0.3, -0.25) is 9.59 Å². The fourth-order valence-corrected chi connectivity index (χ4v) is 3.14. The van der Waals surface area contributed by atoms with E-state index in [1.807, 2.05) is 12.1 Å². The fourth-order valence-electron chi connectivity index (χ4n) is 2.97. The zero-order chi connectivity index (χ0) is 19.7. The van der Waals surface area contributed by atoms with Crippen molar-refractivity contribution in [2.45, 2.75) is 13.3 Å². The molecule has 1 heterocycles. The van der Waals surface area contributed by atoms with E-state index in [4.69, 9.17) is 16.3 Å². The van der Waals surface area contributed by atoms with Crippen LogP contribution in [0.4, 0.5) is 11.4 Å². The van der Waals surface area contributed by atoms with Crippen molar-refractivity contribution in [3.8, 4) is 11.5 Å². The van der Waals surface area contributed by atoms with E-state index in [0.717, 1.165) is 12.0 Å². The Morgan fingerprint density at radius 3 is 2.54 bits per heavy atom. The Kier molecular flexibility index (Phi) is 4.75. The Hall–Kier alpha value is -3.31. The van der Waals surface area contributed by atoms with Gasteiger partial charge >= 0.3 is 0 Å². The van der Waals surface area contributed by atoms with E-state index in [9.17, 15) is 9.59 Å². The standard InChI is InChI=1S/C22H17ClN2O3/c1-2-13-3-5-14(6-4-13)21(26)24-16-8-10-19-17(12-16)22(27)25-18-11-15(23)7-9-20(18)28-19/h3-12H,2H2,1H3,(H,24,26)(H,25,27). The quantitative estimate of drug-likeness (QED) is 0.617. The van der Waals surface area contributed by atoms with Crippen LogP contribution in [0.1, 0.15) is 33.2 Å². The number of hydrogen-bond acceptors (Lipinski definition) is 3. The number of amides is 2. The molecule has 0 radical (unpaired) electrons. The van der Waals surface area contributed by atoms with Crippen LogP contribution in [0.15, 0.2) is 60.7 Å². The van der Waals surface area contributed by atoms with Crippen molar-refractivity contribution in [2.24, 2.45) is 0 Å². The molecule has 0 bridgehead atoms. The average molecular weight is 393 g/mol. The molecule has 0 fully saturated rings. The van der Waals surface area contributed by atoms with Gasteiger partial charge in [0.05, 0.1) is 11.3 Å². The van der Waals surface area contributed by atoms with Crippen LogP contribution >= 0.6 is 11.6 Å². The van der Waals surface area contributed by atoms with Crippen LogP contribution < -0.4 is 15.4 Å². The van der Waals surface area contributed by atoms with E-state index in [1.165, 1.54) is 0 Å². The minimum atomic E-state index is -0.334. The normalized spacial score (nSPS) is 12.1. The Labute approximate surface area is 167 Å². The molecule has 0 unspecified atom stereocenters. The molecule has 2 N–H and O–H groups in total. The summed E-state index contributed by atoms with van der Waals surface area (Å²) in [5.74, 6) is 0.334. The number of anilines is 2. The summed E-state index contributed by atoms with van der Waals surface area (Å²) in [6.07, 6.45) is 0.912. The van der Waals surface area contributed by atoms with Gasteiger partial charge < -0.3 is 15.4 Å². The molecule has 0 saturated heterocycles. The van der Waals surface area contributed by atoms with Crippen molar-refractivity contribution in [1.29, 1.82) is 0 Å². The van der Waals surface area contributed by atoms with Crippen LogP contribution in [0, 0.1) is 0 Å². The van der Waals surface area contributed by atoms with E-state index in [2.05, 4.69) is 17.6 Å². The molecule has 0 spiro atoms. The summed E-state index contributed by atoms with van der Waals surface area (Å²) in [5, 5.41) is 6.10. The average Bonchev–Trinajstić information content (AvgIpc) is 2.83. The van der Waals surface area contributed by atoms with Crippen LogP contribution in [0.25, 0.3) is 0 Å². The van der Waals surface area contributed by atoms with Gasteiger partial charge in [-0.1, -0.05) is 30.7 Å². The molecule has 1 aliphatic rings. The highest BCUT2D eigenvalue weighted by molar-refractivity contribution is 6.31. The van der Waals surface area contributed by atoms with Crippen molar-refractivity contribution in [3.63, 3.8) is 0 Å². The van der Waals surface area contributed by atoms with Crippen molar-refractivity contribution in [2.75, 3.05) is 10.6 Å². The number of ether oxygens (including phenoxy) is 1. The van der Waals surface area contributed by atoms with Gasteiger partial charge in [-0.15, -0.1) is 0 Å². The minimum absolute atomic E-state index is 0.243. The lowest BCUT2D eigenvalue weighted by Crippen LogP contribution is -2.14. The summed E-state index contributed by atoms with van der Waals surface area (Å²) >= 11 is 5.99. The SMILES string of the molecule is CCc1ccc(C(=O)Nc2ccc3c(c2)C(=O)Nc2cc(Cl)ccc2O3)cc1. The molecular formula is C22H17ClN2O3. The van der Waals surface area contributed by atoms with Crippen LogP contribution in [0.2, 0.25) is 5.02 Å². The van der Waals surface area contributed by atoms with Crippen LogP contribution in [-0.2, 0) is 6.42 Å². The molecule has 140 valence electrons. The number of nitrogens with one attached hydrogen (secondary N) is 2. The number of halogens is 1. The third-order valence-corrected chi connectivity index (χ3v) is 4.75. The zero-order valence-electron chi connectivity index (χ0n) is 15.1. The number of hydrogen-bond donors (Lipinski definition) is 2. The van der Waals surface area contributed by atoms with Crippen molar-refractivity contribution in [1.82, 2.24) is 0 Å². The number of rotatable bonds is 3. The lowest BCUT2D eigenvalue weighted by molar-refractivity contribution is 0.101. The van der Waals surface area contributed by atoms with Gasteiger partial charge in [0.15, 0.2) is 5.75 Å². The fraction of sp³-hybridized carbons (Fsp3) is 0.0909. The Balaban J connectivity index is 1.59. The maximum Gasteiger partial charge on any atom is 0.259 e. The topological polar surface area (TPSA) is 67.4 Å². The molecule has 0 saturated carbocycles. The molecule has 0 aliphatic carbocycles. The number of carbonyl (C=O) groups is 2. The first-order valence-electron chi connectivity index (χ1n) is 8.86. The number of carbonyl (C=O) groups excluding carboxylic acids is 2. The first-order chi connectivity index (χ1) is 13.5. The second-order valence-corrected chi connectivity index (χ2v) is 6.85. The van der Waals surface area contributed by atoms with Gasteiger partial charge in [-0.25, -0.2) is 0 Å². The Bertz CT molecular complexity index is 1080. The van der Waals surface area contributed by atoms with E-state index < -0.39 is 0 Å². The Morgan fingerprint density at radius 2 is 1.79 bits per heavy atom. The molecule has 28 heavy (non-hydrogen) atoms. The zero-order valence-corrected chi connectivity index (χ0v) is 15.8. The maximum atomic E-state index is 12.6. The number of aryl methyl sites for hydroxylation is 1. The van der Waals surface area contributed by atoms with Gasteiger partial charge in [0.25, 0.3) is 11.8 Å². The predicted octanol–water partition coefficient (Wildman–Crippen LogP) is 5.51. The van der Waals surface area contributed by atoms with Gasteiger partial charge in [-0.05, 0) is 60.5 Å². The molecule has 2 amide bonds. The van der Waals surface area contributed by atoms with Crippen LogP contribution in [-0.4, -0.2) is 11.8 Å². The van der Waals surface area contributed by atoms with Gasteiger partial charge in [-0.2, -0.15) is 0 Å². The third-order valence-electron chi connectivity index (χ3n) is 4.52. The molecule has 0 aromatic heterocycles. The molecule has 3 aromatic rings. The summed E-state index contributed by atoms with van der Waals surface area (Å²) in [6.45, 7) is 2.06. The van der Waals surface area contributed by atoms with E-state index in [1.54, 1.807) is 48.5 Å². The monoisotopic (exact) mass is 392 g/mol. The summed E-state index contributed by atoms with van der Waals surface area (Å²) in [7, 11) is 0. The summed E-state index contributed by atoms with van der Waals surface area (Å²) in [5.41, 5.74) is 3.04. The molecule has 0 atom stereocenters. The van der Waals surface area contributed by atoms with Gasteiger partial charge in [0, 0.05) is 16.3 Å². The van der Waals surface area contributed by atoms with Crippen molar-refractivity contribution < 1.29 is 14.3 Å². The highest BCUT2D eigenvalue weighted by Crippen LogP contribution is 2.37. The highest BCUT2D eigenvalue weighted by atomic mass is 35.5. The Morgan fingerprint density at radius 1 is 1.04 bits per heavy atom. The molecule has 5 nitrogen and oxygen atoms in total. The van der Waals surface area contributed by atoms with Crippen molar-refractivity contribution >= 4 is 34.8 Å². The molecule has 3 aromatic carbocycles. The van der Waals surface area contributed by atoms with E-state index in [0.29, 0.717) is 39.0 Å². The maximum absolute atomic E-state index is 12.6. The van der Waals surface area contributed by atoms with Crippen LogP contribution in [0.5, 0.6) is 11.5 Å². The second-order valence-electron chi connectivity index (χ2n) is 6.41. The molecular weight excluding hydrogens is 376 g/mol. The van der Waals surface area contributed by atoms with Gasteiger partial charge in [0.2, 0.25) is 0 Å². The lowest BCUT2D eigenvalue weighted by Gasteiger charge is -2.10. The predicted molar refractivity (Wildman–Crippen MR) is 110 cm³/mol. The smallest absolute Gasteiger partial charge is 0.259 e. The summed E-state index contributed by atoms with van der Waals surface area (Å²) in [6, 6.07) is 17.4. The first kappa shape index (κ1) is 18.1.